The molecule has 0 spiro atoms. The Morgan fingerprint density at radius 2 is 1.63 bits per heavy atom. The molecule has 0 radical (unpaired) electrons. The summed E-state index contributed by atoms with van der Waals surface area (Å²) in [6, 6.07) is 0. The van der Waals surface area contributed by atoms with Crippen LogP contribution >= 0.6 is 0 Å². The first kappa shape index (κ1) is 21.7. The van der Waals surface area contributed by atoms with E-state index in [9.17, 15) is 17.8 Å². The fourth-order valence-electron chi connectivity index (χ4n) is 1.62. The van der Waals surface area contributed by atoms with Crippen LogP contribution in [-0.4, -0.2) is 43.1 Å². The zero-order chi connectivity index (χ0) is 14.0. The van der Waals surface area contributed by atoms with E-state index in [1.54, 1.807) is 0 Å². The number of amides is 1. The molecule has 0 unspecified atom stereocenters. The van der Waals surface area contributed by atoms with Gasteiger partial charge in [-0.3, -0.25) is 4.79 Å². The number of hydrogen-bond acceptors (Lipinski definition) is 4. The van der Waals surface area contributed by atoms with Crippen LogP contribution in [-0.2, 0) is 14.9 Å². The molecular formula is C12H24NNaO4S. The molecule has 0 aliphatic heterocycles. The van der Waals surface area contributed by atoms with Gasteiger partial charge in [-0.25, -0.2) is 8.42 Å². The SMILES string of the molecule is CCCCCCCCC(=O)N(C)CCS(=O)(=O)[O-].[Na+]. The van der Waals surface area contributed by atoms with Crippen molar-refractivity contribution in [1.82, 2.24) is 4.90 Å². The van der Waals surface area contributed by atoms with E-state index in [4.69, 9.17) is 0 Å². The summed E-state index contributed by atoms with van der Waals surface area (Å²) in [5, 5.41) is 0. The van der Waals surface area contributed by atoms with Gasteiger partial charge >= 0.3 is 29.6 Å². The van der Waals surface area contributed by atoms with Crippen LogP contribution in [0.15, 0.2) is 0 Å². The van der Waals surface area contributed by atoms with Crippen LogP contribution < -0.4 is 29.6 Å². The van der Waals surface area contributed by atoms with Crippen LogP contribution in [0.5, 0.6) is 0 Å². The van der Waals surface area contributed by atoms with Gasteiger partial charge in [-0.1, -0.05) is 39.0 Å². The second-order valence-corrected chi connectivity index (χ2v) is 6.12. The Morgan fingerprint density at radius 3 is 2.16 bits per heavy atom. The summed E-state index contributed by atoms with van der Waals surface area (Å²) in [5.41, 5.74) is 0. The molecule has 0 N–H and O–H groups in total. The van der Waals surface area contributed by atoms with Crippen LogP contribution in [0, 0.1) is 0 Å². The summed E-state index contributed by atoms with van der Waals surface area (Å²) >= 11 is 0. The minimum absolute atomic E-state index is 0. The van der Waals surface area contributed by atoms with Gasteiger partial charge in [0.25, 0.3) is 0 Å². The topological polar surface area (TPSA) is 77.5 Å². The van der Waals surface area contributed by atoms with Crippen LogP contribution in [0.25, 0.3) is 0 Å². The summed E-state index contributed by atoms with van der Waals surface area (Å²) in [6.07, 6.45) is 7.06. The molecule has 0 fully saturated rings. The van der Waals surface area contributed by atoms with Crippen molar-refractivity contribution in [3.8, 4) is 0 Å². The molecule has 1 amide bonds. The van der Waals surface area contributed by atoms with Gasteiger partial charge < -0.3 is 9.45 Å². The molecule has 0 aromatic rings. The molecule has 0 atom stereocenters. The average molecular weight is 301 g/mol. The molecule has 19 heavy (non-hydrogen) atoms. The van der Waals surface area contributed by atoms with Gasteiger partial charge in [0.15, 0.2) is 0 Å². The van der Waals surface area contributed by atoms with E-state index < -0.39 is 15.9 Å². The number of carbonyl (C=O) groups excluding carboxylic acids is 1. The second kappa shape index (κ2) is 12.1. The number of hydrogen-bond donors (Lipinski definition) is 0. The van der Waals surface area contributed by atoms with E-state index in [0.717, 1.165) is 19.3 Å². The van der Waals surface area contributed by atoms with Crippen molar-refractivity contribution in [3.63, 3.8) is 0 Å². The van der Waals surface area contributed by atoms with Crippen molar-refractivity contribution >= 4 is 16.0 Å². The Labute approximate surface area is 139 Å². The van der Waals surface area contributed by atoms with E-state index in [1.165, 1.54) is 31.2 Å². The van der Waals surface area contributed by atoms with Crippen LogP contribution in [0.2, 0.25) is 0 Å². The zero-order valence-electron chi connectivity index (χ0n) is 12.4. The Balaban J connectivity index is 0. The first-order chi connectivity index (χ1) is 8.37. The molecule has 5 nitrogen and oxygen atoms in total. The fourth-order valence-corrected chi connectivity index (χ4v) is 2.12. The van der Waals surface area contributed by atoms with Crippen molar-refractivity contribution in [1.29, 1.82) is 0 Å². The average Bonchev–Trinajstić information content (AvgIpc) is 2.29. The standard InChI is InChI=1S/C12H25NO4S.Na/c1-3-4-5-6-7-8-9-12(14)13(2)10-11-18(15,16)17;/h3-11H2,1-2H3,(H,15,16,17);/q;+1/p-1. The molecular weight excluding hydrogens is 277 g/mol. The first-order valence-electron chi connectivity index (χ1n) is 6.54. The largest absolute Gasteiger partial charge is 1.00 e. The van der Waals surface area contributed by atoms with Crippen LogP contribution in [0.4, 0.5) is 0 Å². The molecule has 0 saturated heterocycles. The van der Waals surface area contributed by atoms with Crippen LogP contribution in [0.3, 0.4) is 0 Å². The summed E-state index contributed by atoms with van der Waals surface area (Å²) in [6.45, 7) is 2.14. The normalized spacial score (nSPS) is 10.9. The molecule has 0 aromatic carbocycles. The Kier molecular flexibility index (Phi) is 13.9. The van der Waals surface area contributed by atoms with Crippen molar-refractivity contribution in [2.45, 2.75) is 51.9 Å². The number of rotatable bonds is 10. The second-order valence-electron chi connectivity index (χ2n) is 4.59. The molecule has 0 saturated carbocycles. The fraction of sp³-hybridized carbons (Fsp3) is 0.917. The summed E-state index contributed by atoms with van der Waals surface area (Å²) in [7, 11) is -2.70. The van der Waals surface area contributed by atoms with Crippen molar-refractivity contribution in [2.24, 2.45) is 0 Å². The molecule has 0 bridgehead atoms. The predicted molar refractivity (Wildman–Crippen MR) is 70.2 cm³/mol. The van der Waals surface area contributed by atoms with Gasteiger partial charge in [0, 0.05) is 20.0 Å². The van der Waals surface area contributed by atoms with Crippen molar-refractivity contribution in [3.05, 3.63) is 0 Å². The first-order valence-corrected chi connectivity index (χ1v) is 8.12. The molecule has 7 heteroatoms. The zero-order valence-corrected chi connectivity index (χ0v) is 15.2. The smallest absolute Gasteiger partial charge is 0.748 e. The Bertz CT molecular complexity index is 333. The van der Waals surface area contributed by atoms with Crippen molar-refractivity contribution in [2.75, 3.05) is 19.3 Å². The predicted octanol–water partition coefficient (Wildman–Crippen LogP) is -1.26. The van der Waals surface area contributed by atoms with E-state index in [-0.39, 0.29) is 42.0 Å². The number of unbranched alkanes of at least 4 members (excludes halogenated alkanes) is 5. The summed E-state index contributed by atoms with van der Waals surface area (Å²) < 4.78 is 31.3. The van der Waals surface area contributed by atoms with Gasteiger partial charge in [0.1, 0.15) is 0 Å². The maximum absolute atomic E-state index is 11.6. The third kappa shape index (κ3) is 14.6. The van der Waals surface area contributed by atoms with E-state index >= 15 is 0 Å². The monoisotopic (exact) mass is 301 g/mol. The molecule has 0 aliphatic carbocycles. The van der Waals surface area contributed by atoms with E-state index in [0.29, 0.717) is 6.42 Å². The van der Waals surface area contributed by atoms with Crippen LogP contribution in [0.1, 0.15) is 51.9 Å². The van der Waals surface area contributed by atoms with Gasteiger partial charge in [0.05, 0.1) is 15.9 Å². The molecule has 0 rings (SSSR count). The quantitative estimate of drug-likeness (QED) is 0.287. The van der Waals surface area contributed by atoms with E-state index in [1.807, 2.05) is 0 Å². The Hall–Kier alpha value is 0.380. The third-order valence-corrected chi connectivity index (χ3v) is 3.53. The van der Waals surface area contributed by atoms with Gasteiger partial charge in [0.2, 0.25) is 5.91 Å². The molecule has 0 aromatic heterocycles. The molecule has 0 heterocycles. The minimum Gasteiger partial charge on any atom is -0.748 e. The van der Waals surface area contributed by atoms with Gasteiger partial charge in [-0.05, 0) is 6.42 Å². The maximum Gasteiger partial charge on any atom is 1.00 e. The van der Waals surface area contributed by atoms with Gasteiger partial charge in [-0.15, -0.1) is 0 Å². The maximum atomic E-state index is 11.6. The summed E-state index contributed by atoms with van der Waals surface area (Å²) in [4.78, 5) is 12.9. The number of carbonyl (C=O) groups is 1. The third-order valence-electron chi connectivity index (χ3n) is 2.85. The number of nitrogens with zero attached hydrogens (tertiary/aromatic N) is 1. The molecule has 108 valence electrons. The minimum atomic E-state index is -4.23. The van der Waals surface area contributed by atoms with E-state index in [2.05, 4.69) is 6.92 Å². The van der Waals surface area contributed by atoms with Crippen molar-refractivity contribution < 1.29 is 47.3 Å². The van der Waals surface area contributed by atoms with Gasteiger partial charge in [-0.2, -0.15) is 0 Å². The molecule has 0 aliphatic rings. The summed E-state index contributed by atoms with van der Waals surface area (Å²) in [5.74, 6) is -0.597. The Morgan fingerprint density at radius 1 is 1.11 bits per heavy atom.